The zero-order valence-electron chi connectivity index (χ0n) is 10.8. The highest BCUT2D eigenvalue weighted by molar-refractivity contribution is 7.89. The van der Waals surface area contributed by atoms with E-state index in [0.29, 0.717) is 12.8 Å². The summed E-state index contributed by atoms with van der Waals surface area (Å²) in [5.74, 6) is -1.35. The van der Waals surface area contributed by atoms with Crippen LogP contribution in [-0.4, -0.2) is 58.3 Å². The Bertz CT molecular complexity index is 583. The Kier molecular flexibility index (Phi) is 4.41. The van der Waals surface area contributed by atoms with E-state index in [4.69, 9.17) is 5.11 Å². The monoisotopic (exact) mass is 303 g/mol. The Labute approximate surface area is 116 Å². The van der Waals surface area contributed by atoms with Gasteiger partial charge in [0.15, 0.2) is 5.03 Å². The van der Waals surface area contributed by atoms with Crippen LogP contribution in [-0.2, 0) is 10.0 Å². The number of rotatable bonds is 4. The van der Waals surface area contributed by atoms with E-state index in [2.05, 4.69) is 10.2 Å². The predicted molar refractivity (Wildman–Crippen MR) is 68.8 cm³/mol. The second-order valence-corrected chi connectivity index (χ2v) is 6.55. The van der Waals surface area contributed by atoms with E-state index in [9.17, 15) is 18.3 Å². The van der Waals surface area contributed by atoms with Gasteiger partial charge in [-0.2, -0.15) is 9.40 Å². The first-order valence-electron chi connectivity index (χ1n) is 6.38. The van der Waals surface area contributed by atoms with E-state index < -0.39 is 27.1 Å². The van der Waals surface area contributed by atoms with E-state index in [1.807, 2.05) is 0 Å². The van der Waals surface area contributed by atoms with Crippen LogP contribution in [0.5, 0.6) is 0 Å². The molecule has 8 nitrogen and oxygen atoms in total. The Balaban J connectivity index is 2.41. The van der Waals surface area contributed by atoms with E-state index in [1.165, 1.54) is 4.31 Å². The molecule has 1 atom stereocenters. The topological polar surface area (TPSA) is 124 Å². The molecule has 2 rings (SSSR count). The van der Waals surface area contributed by atoms with Crippen molar-refractivity contribution in [3.63, 3.8) is 0 Å². The number of aromatic carboxylic acids is 1. The van der Waals surface area contributed by atoms with E-state index in [0.717, 1.165) is 19.0 Å². The van der Waals surface area contributed by atoms with Crippen LogP contribution in [0.3, 0.4) is 0 Å². The lowest BCUT2D eigenvalue weighted by Gasteiger charge is -2.27. The molecule has 1 aromatic heterocycles. The molecule has 0 radical (unpaired) electrons. The molecule has 1 aromatic rings. The van der Waals surface area contributed by atoms with Gasteiger partial charge in [-0.05, 0) is 12.8 Å². The zero-order valence-corrected chi connectivity index (χ0v) is 11.6. The number of aliphatic hydroxyl groups is 1. The molecule has 0 spiro atoms. The van der Waals surface area contributed by atoms with Gasteiger partial charge in [0.25, 0.3) is 10.0 Å². The van der Waals surface area contributed by atoms with Gasteiger partial charge in [0.2, 0.25) is 0 Å². The quantitative estimate of drug-likeness (QED) is 0.721. The molecule has 0 aliphatic carbocycles. The molecule has 1 unspecified atom stereocenters. The second-order valence-electron chi connectivity index (χ2n) is 4.72. The molecule has 112 valence electrons. The zero-order chi connectivity index (χ0) is 14.8. The highest BCUT2D eigenvalue weighted by Gasteiger charge is 2.35. The molecule has 0 bridgehead atoms. The van der Waals surface area contributed by atoms with Crippen molar-refractivity contribution >= 4 is 16.0 Å². The van der Waals surface area contributed by atoms with Gasteiger partial charge in [0.05, 0.1) is 12.8 Å². The predicted octanol–water partition coefficient (Wildman–Crippen LogP) is 0.0335. The van der Waals surface area contributed by atoms with Gasteiger partial charge in [0, 0.05) is 12.6 Å². The number of H-pyrrole nitrogens is 1. The minimum Gasteiger partial charge on any atom is -0.478 e. The number of hydrogen-bond donors (Lipinski definition) is 3. The van der Waals surface area contributed by atoms with Crippen molar-refractivity contribution in [2.24, 2.45) is 0 Å². The summed E-state index contributed by atoms with van der Waals surface area (Å²) in [5, 5.41) is 23.7. The minimum absolute atomic E-state index is 0.269. The number of carbonyl (C=O) groups is 1. The fourth-order valence-electron chi connectivity index (χ4n) is 2.39. The third kappa shape index (κ3) is 2.69. The molecular weight excluding hydrogens is 286 g/mol. The Morgan fingerprint density at radius 2 is 2.20 bits per heavy atom. The number of carboxylic acids is 1. The summed E-state index contributed by atoms with van der Waals surface area (Å²) in [6.45, 7) is -0.0125. The largest absolute Gasteiger partial charge is 0.478 e. The van der Waals surface area contributed by atoms with E-state index in [-0.39, 0.29) is 18.7 Å². The molecule has 1 fully saturated rings. The minimum atomic E-state index is -4.00. The van der Waals surface area contributed by atoms with Gasteiger partial charge >= 0.3 is 5.97 Å². The molecule has 3 N–H and O–H groups in total. The molecule has 1 saturated heterocycles. The van der Waals surface area contributed by atoms with E-state index in [1.54, 1.807) is 0 Å². The lowest BCUT2D eigenvalue weighted by atomic mass is 10.1. The van der Waals surface area contributed by atoms with Crippen molar-refractivity contribution in [3.05, 3.63) is 11.8 Å². The van der Waals surface area contributed by atoms with Gasteiger partial charge in [-0.25, -0.2) is 13.2 Å². The SMILES string of the molecule is O=C(O)c1cn[nH]c1S(=O)(=O)N1CCCCCC1CO. The summed E-state index contributed by atoms with van der Waals surface area (Å²) in [5.41, 5.74) is -0.383. The maximum Gasteiger partial charge on any atom is 0.340 e. The molecule has 20 heavy (non-hydrogen) atoms. The first-order valence-corrected chi connectivity index (χ1v) is 7.82. The fourth-order valence-corrected chi connectivity index (χ4v) is 4.14. The fraction of sp³-hybridized carbons (Fsp3) is 0.636. The first-order chi connectivity index (χ1) is 9.48. The first kappa shape index (κ1) is 14.9. The number of aromatic amines is 1. The molecule has 2 heterocycles. The average Bonchev–Trinajstić information content (AvgIpc) is 2.78. The molecule has 0 aromatic carbocycles. The number of nitrogens with zero attached hydrogens (tertiary/aromatic N) is 2. The van der Waals surface area contributed by atoms with Crippen LogP contribution in [0.25, 0.3) is 0 Å². The number of carboxylic acid groups (broad SMARTS) is 1. The van der Waals surface area contributed by atoms with Crippen LogP contribution in [0.2, 0.25) is 0 Å². The molecule has 1 aliphatic rings. The molecular formula is C11H17N3O5S. The average molecular weight is 303 g/mol. The lowest BCUT2D eigenvalue weighted by Crippen LogP contribution is -2.42. The number of aliphatic hydroxyl groups excluding tert-OH is 1. The Hall–Kier alpha value is -1.45. The van der Waals surface area contributed by atoms with Crippen molar-refractivity contribution in [2.45, 2.75) is 36.8 Å². The highest BCUT2D eigenvalue weighted by Crippen LogP contribution is 2.25. The number of sulfonamides is 1. The van der Waals surface area contributed by atoms with Gasteiger partial charge < -0.3 is 10.2 Å². The van der Waals surface area contributed by atoms with Crippen LogP contribution in [0.4, 0.5) is 0 Å². The Morgan fingerprint density at radius 1 is 1.45 bits per heavy atom. The van der Waals surface area contributed by atoms with Crippen molar-refractivity contribution in [3.8, 4) is 0 Å². The second kappa shape index (κ2) is 5.90. The van der Waals surface area contributed by atoms with Gasteiger partial charge in [-0.15, -0.1) is 0 Å². The van der Waals surface area contributed by atoms with Gasteiger partial charge in [-0.3, -0.25) is 5.10 Å². The standard InChI is InChI=1S/C11H17N3O5S/c15-7-8-4-2-1-3-5-14(8)20(18,19)10-9(11(16)17)6-12-13-10/h6,8,15H,1-5,7H2,(H,12,13)(H,16,17). The van der Waals surface area contributed by atoms with Crippen LogP contribution in [0, 0.1) is 0 Å². The maximum absolute atomic E-state index is 12.6. The molecule has 9 heteroatoms. The molecule has 1 aliphatic heterocycles. The number of aromatic nitrogens is 2. The third-order valence-electron chi connectivity index (χ3n) is 3.44. The summed E-state index contributed by atoms with van der Waals surface area (Å²) >= 11 is 0. The Morgan fingerprint density at radius 3 is 2.85 bits per heavy atom. The van der Waals surface area contributed by atoms with Crippen LogP contribution < -0.4 is 0 Å². The van der Waals surface area contributed by atoms with Crippen molar-refractivity contribution < 1.29 is 23.4 Å². The third-order valence-corrected chi connectivity index (χ3v) is 5.36. The number of hydrogen-bond acceptors (Lipinski definition) is 5. The molecule has 0 amide bonds. The van der Waals surface area contributed by atoms with Crippen molar-refractivity contribution in [1.82, 2.24) is 14.5 Å². The van der Waals surface area contributed by atoms with Crippen LogP contribution >= 0.6 is 0 Å². The lowest BCUT2D eigenvalue weighted by molar-refractivity contribution is 0.0692. The molecule has 0 saturated carbocycles. The normalized spacial score (nSPS) is 21.6. The summed E-state index contributed by atoms with van der Waals surface area (Å²) in [7, 11) is -4.00. The van der Waals surface area contributed by atoms with Crippen LogP contribution in [0.1, 0.15) is 36.0 Å². The smallest absolute Gasteiger partial charge is 0.340 e. The van der Waals surface area contributed by atoms with Crippen LogP contribution in [0.15, 0.2) is 11.2 Å². The summed E-state index contributed by atoms with van der Waals surface area (Å²) in [6, 6.07) is -0.521. The van der Waals surface area contributed by atoms with Gasteiger partial charge in [0.1, 0.15) is 5.56 Å². The van der Waals surface area contributed by atoms with E-state index >= 15 is 0 Å². The summed E-state index contributed by atoms with van der Waals surface area (Å²) in [4.78, 5) is 11.0. The van der Waals surface area contributed by atoms with Crippen molar-refractivity contribution in [2.75, 3.05) is 13.2 Å². The summed E-state index contributed by atoms with van der Waals surface area (Å²) < 4.78 is 26.3. The maximum atomic E-state index is 12.6. The summed E-state index contributed by atoms with van der Waals surface area (Å²) in [6.07, 6.45) is 3.95. The number of nitrogens with one attached hydrogen (secondary N) is 1. The van der Waals surface area contributed by atoms with Crippen molar-refractivity contribution in [1.29, 1.82) is 0 Å². The van der Waals surface area contributed by atoms with Gasteiger partial charge in [-0.1, -0.05) is 12.8 Å². The highest BCUT2D eigenvalue weighted by atomic mass is 32.2.